The average Bonchev–Trinajstić information content (AvgIpc) is 3.61. The number of hydrogen-bond acceptors (Lipinski definition) is 5. The van der Waals surface area contributed by atoms with Gasteiger partial charge in [0, 0.05) is 36.4 Å². The quantitative estimate of drug-likeness (QED) is 0.786. The molecule has 3 saturated carbocycles. The van der Waals surface area contributed by atoms with Crippen LogP contribution in [0.15, 0.2) is 34.9 Å². The van der Waals surface area contributed by atoms with E-state index in [9.17, 15) is 0 Å². The van der Waals surface area contributed by atoms with E-state index in [-0.39, 0.29) is 5.41 Å². The summed E-state index contributed by atoms with van der Waals surface area (Å²) in [5.41, 5.74) is 7.58. The second-order valence-electron chi connectivity index (χ2n) is 9.02. The van der Waals surface area contributed by atoms with E-state index in [1.54, 1.807) is 0 Å². The van der Waals surface area contributed by atoms with Crippen LogP contribution in [0.3, 0.4) is 0 Å². The van der Waals surface area contributed by atoms with E-state index in [0.717, 1.165) is 37.5 Å². The van der Waals surface area contributed by atoms with Crippen molar-refractivity contribution in [2.45, 2.75) is 74.8 Å². The molecule has 0 aliphatic heterocycles. The van der Waals surface area contributed by atoms with Gasteiger partial charge in [0.2, 0.25) is 5.89 Å². The zero-order valence-electron chi connectivity index (χ0n) is 15.9. The lowest BCUT2D eigenvalue weighted by Gasteiger charge is -2.24. The van der Waals surface area contributed by atoms with E-state index in [1.807, 2.05) is 0 Å². The lowest BCUT2D eigenvalue weighted by molar-refractivity contribution is 0.287. The van der Waals surface area contributed by atoms with Gasteiger partial charge in [0.25, 0.3) is 0 Å². The highest BCUT2D eigenvalue weighted by Crippen LogP contribution is 2.48. The van der Waals surface area contributed by atoms with Gasteiger partial charge in [-0.3, -0.25) is 0 Å². The van der Waals surface area contributed by atoms with Crippen molar-refractivity contribution in [3.63, 3.8) is 0 Å². The smallest absolute Gasteiger partial charge is 0.226 e. The van der Waals surface area contributed by atoms with Crippen molar-refractivity contribution in [1.82, 2.24) is 15.5 Å². The fourth-order valence-corrected chi connectivity index (χ4v) is 4.64. The molecule has 3 aliphatic carbocycles. The molecule has 1 aromatic heterocycles. The Morgan fingerprint density at radius 1 is 1.11 bits per heavy atom. The van der Waals surface area contributed by atoms with Gasteiger partial charge in [0.15, 0.2) is 5.82 Å². The Balaban J connectivity index is 1.14. The van der Waals surface area contributed by atoms with Crippen molar-refractivity contribution in [3.05, 3.63) is 47.6 Å². The minimum Gasteiger partial charge on any atom is -0.339 e. The molecule has 0 bridgehead atoms. The van der Waals surface area contributed by atoms with E-state index in [2.05, 4.69) is 40.8 Å². The molecule has 3 fully saturated rings. The van der Waals surface area contributed by atoms with Gasteiger partial charge in [-0.2, -0.15) is 4.98 Å². The molecule has 0 spiro atoms. The highest BCUT2D eigenvalue weighted by molar-refractivity contribution is 5.28. The Bertz CT molecular complexity index is 762. The van der Waals surface area contributed by atoms with Crippen molar-refractivity contribution < 1.29 is 4.52 Å². The maximum atomic E-state index is 6.01. The first-order valence-electron chi connectivity index (χ1n) is 10.6. The van der Waals surface area contributed by atoms with Gasteiger partial charge in [-0.1, -0.05) is 35.5 Å². The van der Waals surface area contributed by atoms with Crippen LogP contribution in [0.1, 0.15) is 68.1 Å². The second kappa shape index (κ2) is 7.02. The van der Waals surface area contributed by atoms with Crippen LogP contribution in [-0.4, -0.2) is 28.8 Å². The Morgan fingerprint density at radius 3 is 2.63 bits per heavy atom. The van der Waals surface area contributed by atoms with E-state index >= 15 is 0 Å². The van der Waals surface area contributed by atoms with Crippen LogP contribution in [0.4, 0.5) is 0 Å². The largest absolute Gasteiger partial charge is 0.339 e. The second-order valence-corrected chi connectivity index (χ2v) is 9.02. The molecule has 1 aromatic carbocycles. The van der Waals surface area contributed by atoms with Crippen molar-refractivity contribution in [2.75, 3.05) is 6.54 Å². The van der Waals surface area contributed by atoms with Crippen LogP contribution in [0, 0.1) is 5.92 Å². The SMILES string of the molecule is N[C@H]1CC[C@H](Cc2nc(C3(CN[C@H]4CC4c4ccccc4)CC3)no2)CC1. The van der Waals surface area contributed by atoms with Crippen molar-refractivity contribution in [2.24, 2.45) is 11.7 Å². The average molecular weight is 367 g/mol. The van der Waals surface area contributed by atoms with Gasteiger partial charge in [-0.05, 0) is 56.4 Å². The number of benzene rings is 1. The van der Waals surface area contributed by atoms with Crippen LogP contribution in [0.5, 0.6) is 0 Å². The lowest BCUT2D eigenvalue weighted by Crippen LogP contribution is -2.30. The monoisotopic (exact) mass is 366 g/mol. The maximum Gasteiger partial charge on any atom is 0.226 e. The molecule has 3 aliphatic rings. The van der Waals surface area contributed by atoms with Crippen molar-refractivity contribution in [3.8, 4) is 0 Å². The highest BCUT2D eigenvalue weighted by atomic mass is 16.5. The summed E-state index contributed by atoms with van der Waals surface area (Å²) in [6, 6.07) is 11.8. The number of aromatic nitrogens is 2. The van der Waals surface area contributed by atoms with Crippen LogP contribution >= 0.6 is 0 Å². The van der Waals surface area contributed by atoms with Crippen LogP contribution in [0.2, 0.25) is 0 Å². The van der Waals surface area contributed by atoms with E-state index < -0.39 is 0 Å². The summed E-state index contributed by atoms with van der Waals surface area (Å²) in [5, 5.41) is 8.12. The van der Waals surface area contributed by atoms with Gasteiger partial charge >= 0.3 is 0 Å². The summed E-state index contributed by atoms with van der Waals surface area (Å²) in [6.45, 7) is 0.970. The number of rotatable bonds is 7. The van der Waals surface area contributed by atoms with E-state index in [4.69, 9.17) is 15.2 Å². The molecule has 3 N–H and O–H groups in total. The van der Waals surface area contributed by atoms with Crippen LogP contribution in [-0.2, 0) is 11.8 Å². The molecule has 2 atom stereocenters. The summed E-state index contributed by atoms with van der Waals surface area (Å²) < 4.78 is 5.61. The van der Waals surface area contributed by atoms with E-state index in [0.29, 0.717) is 23.9 Å². The molecular weight excluding hydrogens is 336 g/mol. The predicted molar refractivity (Wildman–Crippen MR) is 104 cm³/mol. The maximum absolute atomic E-state index is 6.01. The van der Waals surface area contributed by atoms with Crippen molar-refractivity contribution in [1.29, 1.82) is 0 Å². The first-order chi connectivity index (χ1) is 13.2. The Morgan fingerprint density at radius 2 is 1.89 bits per heavy atom. The first-order valence-corrected chi connectivity index (χ1v) is 10.6. The summed E-state index contributed by atoms with van der Waals surface area (Å²) in [4.78, 5) is 4.78. The molecule has 0 amide bonds. The predicted octanol–water partition coefficient (Wildman–Crippen LogP) is 3.31. The first kappa shape index (κ1) is 17.4. The number of hydrogen-bond donors (Lipinski definition) is 2. The van der Waals surface area contributed by atoms with Crippen LogP contribution < -0.4 is 11.1 Å². The molecule has 5 rings (SSSR count). The fourth-order valence-electron chi connectivity index (χ4n) is 4.64. The van der Waals surface area contributed by atoms with Gasteiger partial charge in [0.1, 0.15) is 0 Å². The Kier molecular flexibility index (Phi) is 4.52. The van der Waals surface area contributed by atoms with Crippen molar-refractivity contribution >= 4 is 0 Å². The minimum absolute atomic E-state index is 0.112. The summed E-state index contributed by atoms with van der Waals surface area (Å²) in [5.74, 6) is 3.07. The molecule has 27 heavy (non-hydrogen) atoms. The minimum atomic E-state index is 0.112. The Hall–Kier alpha value is -1.72. The molecule has 0 saturated heterocycles. The number of nitrogens with one attached hydrogen (secondary N) is 1. The van der Waals surface area contributed by atoms with Crippen LogP contribution in [0.25, 0.3) is 0 Å². The molecule has 1 heterocycles. The van der Waals surface area contributed by atoms with Gasteiger partial charge in [-0.25, -0.2) is 0 Å². The Labute approximate surface area is 161 Å². The molecule has 0 radical (unpaired) electrons. The topological polar surface area (TPSA) is 77.0 Å². The standard InChI is InChI=1S/C22H30N4O/c23-17-8-6-15(7-9-17)12-20-25-21(26-27-20)22(10-11-22)14-24-19-13-18(19)16-4-2-1-3-5-16/h1-5,15,17-19,24H,6-14,23H2/t15-,17-,18?,19-/m0/s1. The zero-order valence-corrected chi connectivity index (χ0v) is 15.9. The van der Waals surface area contributed by atoms with E-state index in [1.165, 1.54) is 37.7 Å². The fraction of sp³-hybridized carbons (Fsp3) is 0.636. The lowest BCUT2D eigenvalue weighted by atomic mass is 9.84. The third-order valence-electron chi connectivity index (χ3n) is 6.87. The molecular formula is C22H30N4O. The van der Waals surface area contributed by atoms with Gasteiger partial charge in [-0.15, -0.1) is 0 Å². The summed E-state index contributed by atoms with van der Waals surface area (Å²) in [6.07, 6.45) is 9.12. The summed E-state index contributed by atoms with van der Waals surface area (Å²) >= 11 is 0. The molecule has 5 heteroatoms. The molecule has 2 aromatic rings. The molecule has 144 valence electrons. The van der Waals surface area contributed by atoms with Gasteiger partial charge < -0.3 is 15.6 Å². The number of nitrogens with two attached hydrogens (primary N) is 1. The summed E-state index contributed by atoms with van der Waals surface area (Å²) in [7, 11) is 0. The molecule has 1 unspecified atom stereocenters. The third-order valence-corrected chi connectivity index (χ3v) is 6.87. The zero-order chi connectivity index (χ0) is 18.3. The normalized spacial score (nSPS) is 31.6. The highest BCUT2D eigenvalue weighted by Gasteiger charge is 2.50. The van der Waals surface area contributed by atoms with Gasteiger partial charge in [0.05, 0.1) is 0 Å². The number of nitrogens with zero attached hydrogens (tertiary/aromatic N) is 2. The molecule has 5 nitrogen and oxygen atoms in total. The third kappa shape index (κ3) is 3.81.